The molecule has 0 spiro atoms. The summed E-state index contributed by atoms with van der Waals surface area (Å²) >= 11 is 0. The Bertz CT molecular complexity index is 439. The highest BCUT2D eigenvalue weighted by Crippen LogP contribution is 2.16. The van der Waals surface area contributed by atoms with Crippen LogP contribution in [0.4, 0.5) is 8.78 Å². The largest absolute Gasteiger partial charge is 0.306 e. The maximum Gasteiger partial charge on any atom is 0.126 e. The van der Waals surface area contributed by atoms with Crippen LogP contribution in [-0.4, -0.2) is 55.6 Å². The number of hydrogen-bond acceptors (Lipinski definition) is 3. The van der Waals surface area contributed by atoms with E-state index in [9.17, 15) is 8.78 Å². The van der Waals surface area contributed by atoms with Gasteiger partial charge in [0.05, 0.1) is 0 Å². The van der Waals surface area contributed by atoms with E-state index in [2.05, 4.69) is 29.1 Å². The Morgan fingerprint density at radius 2 is 1.62 bits per heavy atom. The Labute approximate surface area is 125 Å². The van der Waals surface area contributed by atoms with E-state index in [1.807, 2.05) is 6.92 Å². The van der Waals surface area contributed by atoms with Crippen molar-refractivity contribution in [2.24, 2.45) is 0 Å². The summed E-state index contributed by atoms with van der Waals surface area (Å²) in [6.07, 6.45) is 0. The molecule has 1 aliphatic heterocycles. The van der Waals surface area contributed by atoms with Gasteiger partial charge < -0.3 is 10.2 Å². The van der Waals surface area contributed by atoms with E-state index in [-0.39, 0.29) is 12.1 Å². The molecule has 1 aromatic rings. The number of halogens is 2. The molecule has 0 unspecified atom stereocenters. The third-order valence-electron chi connectivity index (χ3n) is 4.05. The van der Waals surface area contributed by atoms with E-state index in [4.69, 9.17) is 0 Å². The van der Waals surface area contributed by atoms with Gasteiger partial charge in [0.25, 0.3) is 0 Å². The predicted molar refractivity (Wildman–Crippen MR) is 81.3 cm³/mol. The van der Waals surface area contributed by atoms with E-state index in [0.717, 1.165) is 38.8 Å². The fraction of sp³-hybridized carbons (Fsp3) is 0.625. The molecule has 1 aliphatic rings. The molecule has 5 heteroatoms. The van der Waals surface area contributed by atoms with Crippen molar-refractivity contribution in [2.75, 3.05) is 39.8 Å². The molecule has 2 rings (SSSR count). The molecular weight excluding hydrogens is 272 g/mol. The SMILES string of the molecule is C[C@H](CN1CCN(C)CC1)N[C@H](C)c1cc(F)cc(F)c1. The van der Waals surface area contributed by atoms with Crippen molar-refractivity contribution in [2.45, 2.75) is 25.9 Å². The molecule has 118 valence electrons. The Balaban J connectivity index is 1.85. The number of rotatable bonds is 5. The van der Waals surface area contributed by atoms with E-state index in [0.29, 0.717) is 5.56 Å². The van der Waals surface area contributed by atoms with Gasteiger partial charge in [0.2, 0.25) is 0 Å². The quantitative estimate of drug-likeness (QED) is 0.899. The zero-order valence-electron chi connectivity index (χ0n) is 13.1. The zero-order chi connectivity index (χ0) is 15.4. The van der Waals surface area contributed by atoms with Crippen LogP contribution in [0.25, 0.3) is 0 Å². The van der Waals surface area contributed by atoms with Crippen LogP contribution in [0.1, 0.15) is 25.5 Å². The Kier molecular flexibility index (Phi) is 5.67. The molecule has 0 saturated carbocycles. The number of likely N-dealkylation sites (N-methyl/N-ethyl adjacent to an activating group) is 1. The summed E-state index contributed by atoms with van der Waals surface area (Å²) in [6, 6.07) is 3.89. The number of nitrogens with one attached hydrogen (secondary N) is 1. The van der Waals surface area contributed by atoms with Crippen LogP contribution in [0.2, 0.25) is 0 Å². The van der Waals surface area contributed by atoms with Crippen molar-refractivity contribution in [3.05, 3.63) is 35.4 Å². The third kappa shape index (κ3) is 5.02. The van der Waals surface area contributed by atoms with Gasteiger partial charge in [0.15, 0.2) is 0 Å². The second kappa shape index (κ2) is 7.29. The molecule has 2 atom stereocenters. The van der Waals surface area contributed by atoms with Crippen LogP contribution in [0.5, 0.6) is 0 Å². The highest BCUT2D eigenvalue weighted by Gasteiger charge is 2.17. The van der Waals surface area contributed by atoms with E-state index in [1.54, 1.807) is 0 Å². The van der Waals surface area contributed by atoms with Gasteiger partial charge in [-0.1, -0.05) is 0 Å². The molecule has 0 amide bonds. The first-order valence-electron chi connectivity index (χ1n) is 7.57. The second-order valence-corrected chi connectivity index (χ2v) is 6.10. The lowest BCUT2D eigenvalue weighted by Crippen LogP contribution is -2.49. The summed E-state index contributed by atoms with van der Waals surface area (Å²) in [6.45, 7) is 9.35. The zero-order valence-corrected chi connectivity index (χ0v) is 13.1. The van der Waals surface area contributed by atoms with Crippen molar-refractivity contribution in [3.63, 3.8) is 0 Å². The van der Waals surface area contributed by atoms with E-state index in [1.165, 1.54) is 12.1 Å². The number of hydrogen-bond donors (Lipinski definition) is 1. The molecule has 1 N–H and O–H groups in total. The van der Waals surface area contributed by atoms with Gasteiger partial charge >= 0.3 is 0 Å². The standard InChI is InChI=1S/C16H25F2N3/c1-12(11-21-6-4-20(3)5-7-21)19-13(2)14-8-15(17)10-16(18)9-14/h8-10,12-13,19H,4-7,11H2,1-3H3/t12-,13-/m1/s1. The van der Waals surface area contributed by atoms with Crippen molar-refractivity contribution in [3.8, 4) is 0 Å². The Hall–Kier alpha value is -1.04. The average Bonchev–Trinajstić information content (AvgIpc) is 2.40. The van der Waals surface area contributed by atoms with Crippen LogP contribution in [0.3, 0.4) is 0 Å². The van der Waals surface area contributed by atoms with Gasteiger partial charge in [0, 0.05) is 50.9 Å². The normalized spacial score (nSPS) is 20.4. The molecule has 0 aliphatic carbocycles. The van der Waals surface area contributed by atoms with Crippen LogP contribution >= 0.6 is 0 Å². The topological polar surface area (TPSA) is 18.5 Å². The van der Waals surface area contributed by atoms with Gasteiger partial charge in [-0.2, -0.15) is 0 Å². The van der Waals surface area contributed by atoms with E-state index >= 15 is 0 Å². The fourth-order valence-corrected chi connectivity index (χ4v) is 2.82. The fourth-order valence-electron chi connectivity index (χ4n) is 2.82. The first-order chi connectivity index (χ1) is 9.94. The molecule has 21 heavy (non-hydrogen) atoms. The lowest BCUT2D eigenvalue weighted by Gasteiger charge is -2.34. The van der Waals surface area contributed by atoms with Crippen molar-refractivity contribution >= 4 is 0 Å². The van der Waals surface area contributed by atoms with Gasteiger partial charge in [0.1, 0.15) is 11.6 Å². The number of piperazine rings is 1. The summed E-state index contributed by atoms with van der Waals surface area (Å²) in [5.41, 5.74) is 0.651. The summed E-state index contributed by atoms with van der Waals surface area (Å²) in [7, 11) is 2.14. The Morgan fingerprint density at radius 1 is 1.05 bits per heavy atom. The van der Waals surface area contributed by atoms with E-state index < -0.39 is 11.6 Å². The second-order valence-electron chi connectivity index (χ2n) is 6.10. The number of nitrogens with zero attached hydrogens (tertiary/aromatic N) is 2. The minimum atomic E-state index is -0.523. The molecule has 1 fully saturated rings. The van der Waals surface area contributed by atoms with Gasteiger partial charge in [-0.25, -0.2) is 8.78 Å². The van der Waals surface area contributed by atoms with Gasteiger partial charge in [-0.05, 0) is 38.6 Å². The van der Waals surface area contributed by atoms with Crippen LogP contribution in [0.15, 0.2) is 18.2 Å². The lowest BCUT2D eigenvalue weighted by atomic mass is 10.1. The van der Waals surface area contributed by atoms with Crippen molar-refractivity contribution in [1.29, 1.82) is 0 Å². The highest BCUT2D eigenvalue weighted by molar-refractivity contribution is 5.21. The maximum atomic E-state index is 13.3. The van der Waals surface area contributed by atoms with Crippen LogP contribution in [-0.2, 0) is 0 Å². The number of benzene rings is 1. The van der Waals surface area contributed by atoms with Crippen LogP contribution in [0, 0.1) is 11.6 Å². The summed E-state index contributed by atoms with van der Waals surface area (Å²) in [4.78, 5) is 4.75. The summed E-state index contributed by atoms with van der Waals surface area (Å²) in [5.74, 6) is -1.05. The first-order valence-corrected chi connectivity index (χ1v) is 7.57. The third-order valence-corrected chi connectivity index (χ3v) is 4.05. The monoisotopic (exact) mass is 297 g/mol. The van der Waals surface area contributed by atoms with Crippen molar-refractivity contribution in [1.82, 2.24) is 15.1 Å². The molecular formula is C16H25F2N3. The molecule has 0 aromatic heterocycles. The molecule has 3 nitrogen and oxygen atoms in total. The molecule has 0 bridgehead atoms. The highest BCUT2D eigenvalue weighted by atomic mass is 19.1. The molecule has 1 aromatic carbocycles. The summed E-state index contributed by atoms with van der Waals surface area (Å²) < 4.78 is 26.5. The average molecular weight is 297 g/mol. The first kappa shape index (κ1) is 16.3. The molecule has 1 saturated heterocycles. The predicted octanol–water partition coefficient (Wildman–Crippen LogP) is 2.25. The smallest absolute Gasteiger partial charge is 0.126 e. The van der Waals surface area contributed by atoms with Crippen molar-refractivity contribution < 1.29 is 8.78 Å². The minimum absolute atomic E-state index is 0.0716. The summed E-state index contributed by atoms with van der Waals surface area (Å²) in [5, 5.41) is 3.42. The molecule has 0 radical (unpaired) electrons. The lowest BCUT2D eigenvalue weighted by molar-refractivity contribution is 0.142. The van der Waals surface area contributed by atoms with Gasteiger partial charge in [-0.3, -0.25) is 4.90 Å². The van der Waals surface area contributed by atoms with Gasteiger partial charge in [-0.15, -0.1) is 0 Å². The molecule has 1 heterocycles. The maximum absolute atomic E-state index is 13.3. The van der Waals surface area contributed by atoms with Crippen LogP contribution < -0.4 is 5.32 Å². The minimum Gasteiger partial charge on any atom is -0.306 e. The Morgan fingerprint density at radius 3 is 2.19 bits per heavy atom.